The minimum absolute atomic E-state index is 0.425. The van der Waals surface area contributed by atoms with Crippen LogP contribution in [0.25, 0.3) is 0 Å². The van der Waals surface area contributed by atoms with E-state index in [0.29, 0.717) is 5.54 Å². The lowest BCUT2D eigenvalue weighted by atomic mass is 9.75. The van der Waals surface area contributed by atoms with E-state index in [1.54, 1.807) is 0 Å². The number of hydrogen-bond donors (Lipinski definition) is 1. The second-order valence-electron chi connectivity index (χ2n) is 4.45. The van der Waals surface area contributed by atoms with Crippen LogP contribution in [0.15, 0.2) is 0 Å². The van der Waals surface area contributed by atoms with Crippen molar-refractivity contribution in [1.82, 2.24) is 5.32 Å². The number of rotatable bonds is 2. The first-order chi connectivity index (χ1) is 6.37. The van der Waals surface area contributed by atoms with Gasteiger partial charge in [-0.15, -0.1) is 0 Å². The van der Waals surface area contributed by atoms with Gasteiger partial charge in [-0.2, -0.15) is 0 Å². The molecule has 0 spiro atoms. The molecule has 1 N–H and O–H groups in total. The molecule has 76 valence electrons. The normalized spacial score (nSPS) is 40.8. The zero-order valence-electron chi connectivity index (χ0n) is 8.64. The molecule has 2 unspecified atom stereocenters. The maximum absolute atomic E-state index is 5.50. The van der Waals surface area contributed by atoms with Gasteiger partial charge in [-0.1, -0.05) is 13.3 Å². The molecule has 0 aromatic carbocycles. The molecule has 0 amide bonds. The maximum Gasteiger partial charge on any atom is 0.0512 e. The van der Waals surface area contributed by atoms with Crippen molar-refractivity contribution in [3.05, 3.63) is 0 Å². The number of ether oxygens (including phenoxy) is 1. The summed E-state index contributed by atoms with van der Waals surface area (Å²) >= 11 is 0. The van der Waals surface area contributed by atoms with Gasteiger partial charge in [-0.05, 0) is 32.2 Å². The molecule has 0 bridgehead atoms. The van der Waals surface area contributed by atoms with Gasteiger partial charge in [0.1, 0.15) is 0 Å². The van der Waals surface area contributed by atoms with Gasteiger partial charge in [0.15, 0.2) is 0 Å². The Balaban J connectivity index is 2.03. The third-order valence-corrected chi connectivity index (χ3v) is 3.87. The standard InChI is InChI=1S/C11H21NO/c1-2-11(6-3-4-7-12-11)10-5-8-13-9-10/h10,12H,2-9H2,1H3. The Hall–Kier alpha value is -0.0800. The van der Waals surface area contributed by atoms with Crippen LogP contribution >= 0.6 is 0 Å². The molecular formula is C11H21NO. The van der Waals surface area contributed by atoms with Crippen molar-refractivity contribution in [3.63, 3.8) is 0 Å². The van der Waals surface area contributed by atoms with Gasteiger partial charge < -0.3 is 10.1 Å². The molecule has 0 aliphatic carbocycles. The molecule has 2 heteroatoms. The minimum Gasteiger partial charge on any atom is -0.381 e. The Labute approximate surface area is 81.0 Å². The van der Waals surface area contributed by atoms with Crippen LogP contribution in [-0.4, -0.2) is 25.3 Å². The Kier molecular flexibility index (Phi) is 2.89. The van der Waals surface area contributed by atoms with E-state index in [1.807, 2.05) is 0 Å². The molecule has 0 aromatic rings. The number of hydrogen-bond acceptors (Lipinski definition) is 2. The van der Waals surface area contributed by atoms with Gasteiger partial charge in [0.25, 0.3) is 0 Å². The summed E-state index contributed by atoms with van der Waals surface area (Å²) in [4.78, 5) is 0. The molecule has 2 heterocycles. The van der Waals surface area contributed by atoms with Crippen LogP contribution < -0.4 is 5.32 Å². The molecule has 2 atom stereocenters. The highest BCUT2D eigenvalue weighted by Crippen LogP contribution is 2.35. The Morgan fingerprint density at radius 3 is 2.92 bits per heavy atom. The lowest BCUT2D eigenvalue weighted by Gasteiger charge is -2.42. The molecule has 0 saturated carbocycles. The topological polar surface area (TPSA) is 21.3 Å². The van der Waals surface area contributed by atoms with Crippen LogP contribution in [-0.2, 0) is 4.74 Å². The van der Waals surface area contributed by atoms with Crippen molar-refractivity contribution in [2.75, 3.05) is 19.8 Å². The molecule has 2 nitrogen and oxygen atoms in total. The SMILES string of the molecule is CCC1(C2CCOC2)CCCCN1. The Bertz CT molecular complexity index is 157. The van der Waals surface area contributed by atoms with E-state index in [1.165, 1.54) is 38.6 Å². The van der Waals surface area contributed by atoms with Gasteiger partial charge in [0.2, 0.25) is 0 Å². The first-order valence-electron chi connectivity index (χ1n) is 5.70. The average molecular weight is 183 g/mol. The first-order valence-corrected chi connectivity index (χ1v) is 5.70. The number of nitrogens with one attached hydrogen (secondary N) is 1. The van der Waals surface area contributed by atoms with Crippen LogP contribution in [0.4, 0.5) is 0 Å². The molecule has 13 heavy (non-hydrogen) atoms. The van der Waals surface area contributed by atoms with Crippen LogP contribution in [0.2, 0.25) is 0 Å². The molecule has 2 fully saturated rings. The zero-order chi connectivity index (χ0) is 9.15. The fourth-order valence-electron chi connectivity index (χ4n) is 2.90. The predicted octanol–water partition coefficient (Wildman–Crippen LogP) is 1.95. The second-order valence-corrected chi connectivity index (χ2v) is 4.45. The minimum atomic E-state index is 0.425. The molecule has 2 aliphatic rings. The lowest BCUT2D eigenvalue weighted by Crippen LogP contribution is -2.53. The van der Waals surface area contributed by atoms with E-state index in [-0.39, 0.29) is 0 Å². The highest BCUT2D eigenvalue weighted by atomic mass is 16.5. The molecule has 2 aliphatic heterocycles. The van der Waals surface area contributed by atoms with Crippen molar-refractivity contribution in [2.24, 2.45) is 5.92 Å². The van der Waals surface area contributed by atoms with Crippen molar-refractivity contribution in [2.45, 2.75) is 44.6 Å². The second kappa shape index (κ2) is 3.97. The fourth-order valence-corrected chi connectivity index (χ4v) is 2.90. The summed E-state index contributed by atoms with van der Waals surface area (Å²) in [7, 11) is 0. The first kappa shape index (κ1) is 9.47. The van der Waals surface area contributed by atoms with Crippen LogP contribution in [0.1, 0.15) is 39.0 Å². The summed E-state index contributed by atoms with van der Waals surface area (Å²) in [5.41, 5.74) is 0.425. The van der Waals surface area contributed by atoms with Crippen LogP contribution in [0, 0.1) is 5.92 Å². The smallest absolute Gasteiger partial charge is 0.0512 e. The van der Waals surface area contributed by atoms with Crippen molar-refractivity contribution >= 4 is 0 Å². The third kappa shape index (κ3) is 1.75. The van der Waals surface area contributed by atoms with E-state index in [0.717, 1.165) is 19.1 Å². The Morgan fingerprint density at radius 2 is 2.38 bits per heavy atom. The molecule has 2 rings (SSSR count). The molecule has 0 radical (unpaired) electrons. The lowest BCUT2D eigenvalue weighted by molar-refractivity contribution is 0.121. The summed E-state index contributed by atoms with van der Waals surface area (Å²) < 4.78 is 5.50. The summed E-state index contributed by atoms with van der Waals surface area (Å²) in [6.45, 7) is 5.50. The van der Waals surface area contributed by atoms with Gasteiger partial charge in [0.05, 0.1) is 6.61 Å². The van der Waals surface area contributed by atoms with Crippen LogP contribution in [0.5, 0.6) is 0 Å². The quantitative estimate of drug-likeness (QED) is 0.706. The van der Waals surface area contributed by atoms with E-state index in [2.05, 4.69) is 12.2 Å². The summed E-state index contributed by atoms with van der Waals surface area (Å²) in [6.07, 6.45) is 6.64. The van der Waals surface area contributed by atoms with E-state index < -0.39 is 0 Å². The highest BCUT2D eigenvalue weighted by molar-refractivity contribution is 4.96. The summed E-state index contributed by atoms with van der Waals surface area (Å²) in [5, 5.41) is 3.74. The van der Waals surface area contributed by atoms with Gasteiger partial charge >= 0.3 is 0 Å². The predicted molar refractivity (Wildman–Crippen MR) is 53.8 cm³/mol. The fraction of sp³-hybridized carbons (Fsp3) is 1.00. The molecule has 2 saturated heterocycles. The average Bonchev–Trinajstić information content (AvgIpc) is 2.72. The number of piperidine rings is 1. The zero-order valence-corrected chi connectivity index (χ0v) is 8.64. The van der Waals surface area contributed by atoms with E-state index >= 15 is 0 Å². The van der Waals surface area contributed by atoms with Gasteiger partial charge in [-0.3, -0.25) is 0 Å². The van der Waals surface area contributed by atoms with E-state index in [4.69, 9.17) is 4.74 Å². The van der Waals surface area contributed by atoms with E-state index in [9.17, 15) is 0 Å². The molecule has 0 aromatic heterocycles. The van der Waals surface area contributed by atoms with Crippen molar-refractivity contribution in [3.8, 4) is 0 Å². The third-order valence-electron chi connectivity index (χ3n) is 3.87. The summed E-state index contributed by atoms with van der Waals surface area (Å²) in [5.74, 6) is 0.776. The largest absolute Gasteiger partial charge is 0.381 e. The van der Waals surface area contributed by atoms with Gasteiger partial charge in [0, 0.05) is 18.1 Å². The summed E-state index contributed by atoms with van der Waals surface area (Å²) in [6, 6.07) is 0. The van der Waals surface area contributed by atoms with Crippen molar-refractivity contribution in [1.29, 1.82) is 0 Å². The Morgan fingerprint density at radius 1 is 1.46 bits per heavy atom. The monoisotopic (exact) mass is 183 g/mol. The van der Waals surface area contributed by atoms with Crippen molar-refractivity contribution < 1.29 is 4.74 Å². The maximum atomic E-state index is 5.50. The highest BCUT2D eigenvalue weighted by Gasteiger charge is 2.39. The van der Waals surface area contributed by atoms with Gasteiger partial charge in [-0.25, -0.2) is 0 Å². The van der Waals surface area contributed by atoms with Crippen LogP contribution in [0.3, 0.4) is 0 Å². The molecular weight excluding hydrogens is 162 g/mol.